The van der Waals surface area contributed by atoms with E-state index in [-0.39, 0.29) is 5.91 Å². The van der Waals surface area contributed by atoms with E-state index < -0.39 is 0 Å². The van der Waals surface area contributed by atoms with Gasteiger partial charge in [0.05, 0.1) is 5.69 Å². The van der Waals surface area contributed by atoms with Crippen molar-refractivity contribution in [1.82, 2.24) is 24.6 Å². The Morgan fingerprint density at radius 2 is 1.74 bits per heavy atom. The average molecular weight is 361 g/mol. The summed E-state index contributed by atoms with van der Waals surface area (Å²) in [5, 5.41) is 4.63. The standard InChI is InChI=1S/C21H23N5O/c1-16-8-9-20(22-15-16)26-19(17-6-4-3-5-7-17)14-18(23-26)21(27)25-12-10-24(2)11-13-25/h3-9,14-15H,10-13H2,1-2H3. The predicted octanol–water partition coefficient (Wildman–Crippen LogP) is 2.63. The lowest BCUT2D eigenvalue weighted by Crippen LogP contribution is -2.47. The molecule has 1 aliphatic rings. The minimum Gasteiger partial charge on any atom is -0.335 e. The zero-order chi connectivity index (χ0) is 18.8. The van der Waals surface area contributed by atoms with Gasteiger partial charge in [-0.05, 0) is 31.7 Å². The van der Waals surface area contributed by atoms with Crippen molar-refractivity contribution in [3.63, 3.8) is 0 Å². The van der Waals surface area contributed by atoms with Crippen LogP contribution >= 0.6 is 0 Å². The zero-order valence-corrected chi connectivity index (χ0v) is 15.7. The molecule has 2 aromatic heterocycles. The summed E-state index contributed by atoms with van der Waals surface area (Å²) in [5.41, 5.74) is 3.41. The smallest absolute Gasteiger partial charge is 0.274 e. The van der Waals surface area contributed by atoms with Crippen LogP contribution in [0.25, 0.3) is 17.1 Å². The zero-order valence-electron chi connectivity index (χ0n) is 15.7. The van der Waals surface area contributed by atoms with Gasteiger partial charge in [0.15, 0.2) is 11.5 Å². The van der Waals surface area contributed by atoms with Crippen LogP contribution in [-0.4, -0.2) is 63.7 Å². The fourth-order valence-corrected chi connectivity index (χ4v) is 3.23. The molecule has 27 heavy (non-hydrogen) atoms. The molecule has 4 rings (SSSR count). The molecule has 0 bridgehead atoms. The van der Waals surface area contributed by atoms with Crippen molar-refractivity contribution in [1.29, 1.82) is 0 Å². The summed E-state index contributed by atoms with van der Waals surface area (Å²) in [5.74, 6) is 0.683. The van der Waals surface area contributed by atoms with E-state index in [0.717, 1.165) is 43.0 Å². The van der Waals surface area contributed by atoms with Crippen molar-refractivity contribution >= 4 is 5.91 Å². The highest BCUT2D eigenvalue weighted by Gasteiger charge is 2.24. The third-order valence-corrected chi connectivity index (χ3v) is 4.90. The van der Waals surface area contributed by atoms with Crippen LogP contribution in [0.15, 0.2) is 54.7 Å². The molecule has 3 heterocycles. The van der Waals surface area contributed by atoms with Crippen LogP contribution in [0.1, 0.15) is 16.1 Å². The lowest BCUT2D eigenvalue weighted by atomic mass is 10.1. The van der Waals surface area contributed by atoms with E-state index in [9.17, 15) is 4.79 Å². The number of aryl methyl sites for hydroxylation is 1. The van der Waals surface area contributed by atoms with Crippen molar-refractivity contribution in [3.8, 4) is 17.1 Å². The average Bonchev–Trinajstić information content (AvgIpc) is 3.15. The molecule has 1 aromatic carbocycles. The Kier molecular flexibility index (Phi) is 4.73. The van der Waals surface area contributed by atoms with Crippen LogP contribution in [0.3, 0.4) is 0 Å². The second-order valence-corrected chi connectivity index (χ2v) is 6.98. The van der Waals surface area contributed by atoms with Crippen LogP contribution in [0.4, 0.5) is 0 Å². The molecule has 1 fully saturated rings. The van der Waals surface area contributed by atoms with Crippen molar-refractivity contribution in [2.75, 3.05) is 33.2 Å². The fourth-order valence-electron chi connectivity index (χ4n) is 3.23. The molecule has 0 unspecified atom stereocenters. The van der Waals surface area contributed by atoms with Crippen LogP contribution < -0.4 is 0 Å². The largest absolute Gasteiger partial charge is 0.335 e. The van der Waals surface area contributed by atoms with Crippen molar-refractivity contribution in [3.05, 3.63) is 66.0 Å². The van der Waals surface area contributed by atoms with Crippen LogP contribution in [0.5, 0.6) is 0 Å². The molecule has 1 saturated heterocycles. The highest BCUT2D eigenvalue weighted by atomic mass is 16.2. The Hall–Kier alpha value is -2.99. The molecule has 1 aliphatic heterocycles. The van der Waals surface area contributed by atoms with Gasteiger partial charge >= 0.3 is 0 Å². The number of carbonyl (C=O) groups is 1. The number of hydrogen-bond donors (Lipinski definition) is 0. The molecule has 0 N–H and O–H groups in total. The fraction of sp³-hybridized carbons (Fsp3) is 0.286. The highest BCUT2D eigenvalue weighted by Crippen LogP contribution is 2.24. The molecule has 3 aromatic rings. The number of amides is 1. The first-order chi connectivity index (χ1) is 13.1. The van der Waals surface area contributed by atoms with E-state index >= 15 is 0 Å². The van der Waals surface area contributed by atoms with E-state index in [2.05, 4.69) is 22.0 Å². The summed E-state index contributed by atoms with van der Waals surface area (Å²) in [4.78, 5) is 21.6. The number of rotatable bonds is 3. The van der Waals surface area contributed by atoms with Gasteiger partial charge in [-0.2, -0.15) is 5.10 Å². The summed E-state index contributed by atoms with van der Waals surface area (Å²) in [7, 11) is 2.08. The molecule has 0 radical (unpaired) electrons. The van der Waals surface area contributed by atoms with Crippen molar-refractivity contribution in [2.24, 2.45) is 0 Å². The van der Waals surface area contributed by atoms with Gasteiger partial charge in [-0.25, -0.2) is 9.67 Å². The minimum absolute atomic E-state index is 0.0221. The SMILES string of the molecule is Cc1ccc(-n2nc(C(=O)N3CCN(C)CC3)cc2-c2ccccc2)nc1. The van der Waals surface area contributed by atoms with Crippen molar-refractivity contribution < 1.29 is 4.79 Å². The van der Waals surface area contributed by atoms with Gasteiger partial charge in [-0.1, -0.05) is 36.4 Å². The van der Waals surface area contributed by atoms with Gasteiger partial charge in [0.1, 0.15) is 0 Å². The van der Waals surface area contributed by atoms with E-state index in [0.29, 0.717) is 11.5 Å². The summed E-state index contributed by atoms with van der Waals surface area (Å²) in [6, 6.07) is 15.8. The second kappa shape index (κ2) is 7.32. The van der Waals surface area contributed by atoms with Gasteiger partial charge in [-0.3, -0.25) is 4.79 Å². The van der Waals surface area contributed by atoms with Gasteiger partial charge in [0, 0.05) is 37.9 Å². The molecular formula is C21H23N5O. The molecule has 6 heteroatoms. The summed E-state index contributed by atoms with van der Waals surface area (Å²) in [6.07, 6.45) is 1.81. The predicted molar refractivity (Wildman–Crippen MR) is 105 cm³/mol. The Bertz CT molecular complexity index is 925. The molecule has 138 valence electrons. The molecule has 0 aliphatic carbocycles. The van der Waals surface area contributed by atoms with E-state index in [4.69, 9.17) is 0 Å². The quantitative estimate of drug-likeness (QED) is 0.720. The van der Waals surface area contributed by atoms with E-state index in [1.165, 1.54) is 0 Å². The number of nitrogens with zero attached hydrogens (tertiary/aromatic N) is 5. The number of benzene rings is 1. The molecule has 0 atom stereocenters. The minimum atomic E-state index is -0.0221. The van der Waals surface area contributed by atoms with Crippen molar-refractivity contribution in [2.45, 2.75) is 6.92 Å². The monoisotopic (exact) mass is 361 g/mol. The maximum atomic E-state index is 13.0. The lowest BCUT2D eigenvalue weighted by Gasteiger charge is -2.31. The Balaban J connectivity index is 1.73. The molecule has 0 spiro atoms. The second-order valence-electron chi connectivity index (χ2n) is 6.98. The number of likely N-dealkylation sites (N-methyl/N-ethyl adjacent to an activating group) is 1. The number of pyridine rings is 1. The summed E-state index contributed by atoms with van der Waals surface area (Å²) < 4.78 is 1.76. The maximum Gasteiger partial charge on any atom is 0.274 e. The summed E-state index contributed by atoms with van der Waals surface area (Å²) >= 11 is 0. The Morgan fingerprint density at radius 1 is 1.00 bits per heavy atom. The first-order valence-electron chi connectivity index (χ1n) is 9.18. The normalized spacial score (nSPS) is 15.1. The molecule has 6 nitrogen and oxygen atoms in total. The molecule has 0 saturated carbocycles. The van der Waals surface area contributed by atoms with Gasteiger partial charge < -0.3 is 9.80 Å². The third-order valence-electron chi connectivity index (χ3n) is 4.90. The van der Waals surface area contributed by atoms with E-state index in [1.807, 2.05) is 66.6 Å². The van der Waals surface area contributed by atoms with E-state index in [1.54, 1.807) is 4.68 Å². The van der Waals surface area contributed by atoms with Gasteiger partial charge in [0.25, 0.3) is 5.91 Å². The first kappa shape index (κ1) is 17.4. The van der Waals surface area contributed by atoms with Crippen LogP contribution in [-0.2, 0) is 0 Å². The number of carbonyl (C=O) groups excluding carboxylic acids is 1. The first-order valence-corrected chi connectivity index (χ1v) is 9.18. The lowest BCUT2D eigenvalue weighted by molar-refractivity contribution is 0.0657. The number of piperazine rings is 1. The van der Waals surface area contributed by atoms with Gasteiger partial charge in [0.2, 0.25) is 0 Å². The Morgan fingerprint density at radius 3 is 2.41 bits per heavy atom. The summed E-state index contributed by atoms with van der Waals surface area (Å²) in [6.45, 7) is 5.23. The molecule has 1 amide bonds. The van der Waals surface area contributed by atoms with Crippen LogP contribution in [0, 0.1) is 6.92 Å². The highest BCUT2D eigenvalue weighted by molar-refractivity contribution is 5.93. The maximum absolute atomic E-state index is 13.0. The number of hydrogen-bond acceptors (Lipinski definition) is 4. The Labute approximate surface area is 159 Å². The van der Waals surface area contributed by atoms with Crippen LogP contribution in [0.2, 0.25) is 0 Å². The molecular weight excluding hydrogens is 338 g/mol. The third kappa shape index (κ3) is 3.61. The van der Waals surface area contributed by atoms with Gasteiger partial charge in [-0.15, -0.1) is 0 Å². The number of aromatic nitrogens is 3. The topological polar surface area (TPSA) is 54.3 Å².